The molecule has 0 saturated heterocycles. The van der Waals surface area contributed by atoms with E-state index in [1.165, 1.54) is 4.40 Å². The number of non-ortho nitro benzene ring substituents is 1. The standard InChI is InChI=1S/C15H11N5O5/c1-8-3-2-6-19-13(8)16-12(15(22)23)14(19)18-17-10-7-9(20(24)25)4-5-11(10)21/h2-7,21H,1H3,(H,22,23). The van der Waals surface area contributed by atoms with E-state index in [2.05, 4.69) is 15.2 Å². The highest BCUT2D eigenvalue weighted by Gasteiger charge is 2.19. The van der Waals surface area contributed by atoms with Crippen LogP contribution in [0.4, 0.5) is 17.2 Å². The number of nitro groups is 1. The summed E-state index contributed by atoms with van der Waals surface area (Å²) >= 11 is 0. The second-order valence-corrected chi connectivity index (χ2v) is 5.10. The van der Waals surface area contributed by atoms with Crippen LogP contribution < -0.4 is 0 Å². The van der Waals surface area contributed by atoms with Gasteiger partial charge in [-0.3, -0.25) is 14.5 Å². The number of imidazole rings is 1. The lowest BCUT2D eigenvalue weighted by Crippen LogP contribution is -1.96. The molecule has 10 heteroatoms. The van der Waals surface area contributed by atoms with Crippen molar-refractivity contribution in [3.63, 3.8) is 0 Å². The Hall–Kier alpha value is -3.82. The first-order chi connectivity index (χ1) is 11.9. The zero-order valence-electron chi connectivity index (χ0n) is 12.8. The van der Waals surface area contributed by atoms with Crippen LogP contribution in [-0.4, -0.2) is 30.5 Å². The molecular formula is C15H11N5O5. The van der Waals surface area contributed by atoms with Gasteiger partial charge in [-0.15, -0.1) is 10.2 Å². The van der Waals surface area contributed by atoms with Gasteiger partial charge < -0.3 is 10.2 Å². The Morgan fingerprint density at radius 2 is 2.08 bits per heavy atom. The number of aromatic nitrogens is 2. The quantitative estimate of drug-likeness (QED) is 0.423. The third-order valence-corrected chi connectivity index (χ3v) is 3.44. The summed E-state index contributed by atoms with van der Waals surface area (Å²) in [6, 6.07) is 6.73. The van der Waals surface area contributed by atoms with Crippen molar-refractivity contribution < 1.29 is 19.9 Å². The van der Waals surface area contributed by atoms with Crippen LogP contribution in [0.15, 0.2) is 46.8 Å². The Bertz CT molecular complexity index is 1040. The average Bonchev–Trinajstić information content (AvgIpc) is 2.94. The molecule has 3 aromatic rings. The van der Waals surface area contributed by atoms with Crippen LogP contribution in [0, 0.1) is 17.0 Å². The van der Waals surface area contributed by atoms with E-state index in [0.29, 0.717) is 5.65 Å². The molecule has 0 aliphatic heterocycles. The summed E-state index contributed by atoms with van der Waals surface area (Å²) in [5, 5.41) is 37.5. The fraction of sp³-hybridized carbons (Fsp3) is 0.0667. The Kier molecular flexibility index (Phi) is 3.85. The highest BCUT2D eigenvalue weighted by molar-refractivity contribution is 5.92. The lowest BCUT2D eigenvalue weighted by atomic mass is 10.2. The Balaban J connectivity index is 2.15. The molecule has 1 aromatic carbocycles. The van der Waals surface area contributed by atoms with Crippen LogP contribution in [0.5, 0.6) is 5.75 Å². The van der Waals surface area contributed by atoms with E-state index < -0.39 is 10.9 Å². The summed E-state index contributed by atoms with van der Waals surface area (Å²) < 4.78 is 1.44. The first-order valence-electron chi connectivity index (χ1n) is 6.98. The molecule has 0 radical (unpaired) electrons. The van der Waals surface area contributed by atoms with Crippen molar-refractivity contribution in [1.29, 1.82) is 0 Å². The number of rotatable bonds is 4. The van der Waals surface area contributed by atoms with Crippen molar-refractivity contribution in [3.05, 3.63) is 57.9 Å². The number of nitrogens with zero attached hydrogens (tertiary/aromatic N) is 5. The number of phenols is 1. The SMILES string of the molecule is Cc1cccn2c(N=Nc3cc([N+](=O)[O-])ccc3O)c(C(=O)O)nc12. The Morgan fingerprint density at radius 1 is 1.32 bits per heavy atom. The number of aromatic carboxylic acids is 1. The number of aromatic hydroxyl groups is 1. The molecule has 0 saturated carbocycles. The number of azo groups is 1. The van der Waals surface area contributed by atoms with E-state index in [1.807, 2.05) is 0 Å². The first-order valence-corrected chi connectivity index (χ1v) is 6.98. The summed E-state index contributed by atoms with van der Waals surface area (Å²) in [5.41, 5.74) is 0.386. The molecule has 0 aliphatic rings. The minimum Gasteiger partial charge on any atom is -0.506 e. The monoisotopic (exact) mass is 341 g/mol. The van der Waals surface area contributed by atoms with Gasteiger partial charge in [0.05, 0.1) is 4.92 Å². The van der Waals surface area contributed by atoms with Gasteiger partial charge in [0.1, 0.15) is 17.1 Å². The molecule has 0 atom stereocenters. The molecule has 0 fully saturated rings. The summed E-state index contributed by atoms with van der Waals surface area (Å²) in [6.07, 6.45) is 1.57. The van der Waals surface area contributed by atoms with Crippen LogP contribution in [0.3, 0.4) is 0 Å². The number of carboxylic acid groups (broad SMARTS) is 1. The molecule has 126 valence electrons. The molecule has 2 N–H and O–H groups in total. The summed E-state index contributed by atoms with van der Waals surface area (Å²) in [4.78, 5) is 25.6. The number of pyridine rings is 1. The normalized spacial score (nSPS) is 11.2. The lowest BCUT2D eigenvalue weighted by molar-refractivity contribution is -0.384. The van der Waals surface area contributed by atoms with E-state index in [-0.39, 0.29) is 28.6 Å². The molecule has 0 aliphatic carbocycles. The van der Waals surface area contributed by atoms with Crippen molar-refractivity contribution in [2.75, 3.05) is 0 Å². The predicted octanol–water partition coefficient (Wildman–Crippen LogP) is 3.37. The van der Waals surface area contributed by atoms with Gasteiger partial charge in [-0.25, -0.2) is 9.78 Å². The largest absolute Gasteiger partial charge is 0.506 e. The third-order valence-electron chi connectivity index (χ3n) is 3.44. The maximum atomic E-state index is 11.4. The number of aryl methyl sites for hydroxylation is 1. The maximum Gasteiger partial charge on any atom is 0.358 e. The third kappa shape index (κ3) is 2.87. The smallest absolute Gasteiger partial charge is 0.358 e. The van der Waals surface area contributed by atoms with Gasteiger partial charge in [-0.05, 0) is 24.6 Å². The van der Waals surface area contributed by atoms with E-state index in [9.17, 15) is 25.1 Å². The van der Waals surface area contributed by atoms with Gasteiger partial charge in [-0.2, -0.15) is 0 Å². The second kappa shape index (κ2) is 6.00. The number of phenolic OH excluding ortho intramolecular Hbond substituents is 1. The predicted molar refractivity (Wildman–Crippen MR) is 85.8 cm³/mol. The Morgan fingerprint density at radius 3 is 2.76 bits per heavy atom. The molecule has 2 aromatic heterocycles. The van der Waals surface area contributed by atoms with Gasteiger partial charge in [0.15, 0.2) is 11.5 Å². The van der Waals surface area contributed by atoms with E-state index in [0.717, 1.165) is 23.8 Å². The minimum atomic E-state index is -1.29. The van der Waals surface area contributed by atoms with Gasteiger partial charge in [0, 0.05) is 18.3 Å². The fourth-order valence-corrected chi connectivity index (χ4v) is 2.24. The summed E-state index contributed by atoms with van der Waals surface area (Å²) in [5.74, 6) is -1.67. The number of nitro benzene ring substituents is 1. The molecule has 25 heavy (non-hydrogen) atoms. The average molecular weight is 341 g/mol. The van der Waals surface area contributed by atoms with Crippen molar-refractivity contribution in [2.24, 2.45) is 10.2 Å². The molecule has 0 bridgehead atoms. The molecular weight excluding hydrogens is 330 g/mol. The van der Waals surface area contributed by atoms with Gasteiger partial charge in [0.2, 0.25) is 0 Å². The summed E-state index contributed by atoms with van der Waals surface area (Å²) in [6.45, 7) is 1.77. The lowest BCUT2D eigenvalue weighted by Gasteiger charge is -1.99. The maximum absolute atomic E-state index is 11.4. The van der Waals surface area contributed by atoms with Crippen molar-refractivity contribution >= 4 is 28.8 Å². The number of carbonyl (C=O) groups is 1. The van der Waals surface area contributed by atoms with Gasteiger partial charge in [-0.1, -0.05) is 6.07 Å². The minimum absolute atomic E-state index is 0.0582. The summed E-state index contributed by atoms with van der Waals surface area (Å²) in [7, 11) is 0. The van der Waals surface area contributed by atoms with E-state index in [4.69, 9.17) is 0 Å². The van der Waals surface area contributed by atoms with Crippen LogP contribution in [0.2, 0.25) is 0 Å². The first kappa shape index (κ1) is 16.1. The van der Waals surface area contributed by atoms with Gasteiger partial charge >= 0.3 is 5.97 Å². The van der Waals surface area contributed by atoms with Crippen LogP contribution >= 0.6 is 0 Å². The number of hydrogen-bond acceptors (Lipinski definition) is 7. The topological polar surface area (TPSA) is 143 Å². The molecule has 0 amide bonds. The van der Waals surface area contributed by atoms with Gasteiger partial charge in [0.25, 0.3) is 5.69 Å². The zero-order valence-corrected chi connectivity index (χ0v) is 12.8. The number of hydrogen-bond donors (Lipinski definition) is 2. The highest BCUT2D eigenvalue weighted by Crippen LogP contribution is 2.33. The molecule has 2 heterocycles. The molecule has 0 unspecified atom stereocenters. The van der Waals surface area contributed by atoms with Crippen LogP contribution in [0.1, 0.15) is 16.1 Å². The van der Waals surface area contributed by atoms with E-state index >= 15 is 0 Å². The molecule has 10 nitrogen and oxygen atoms in total. The Labute approximate surface area is 139 Å². The van der Waals surface area contributed by atoms with Crippen molar-refractivity contribution in [1.82, 2.24) is 9.38 Å². The molecule has 3 rings (SSSR count). The number of fused-ring (bicyclic) bond motifs is 1. The number of benzene rings is 1. The second-order valence-electron chi connectivity index (χ2n) is 5.10. The van der Waals surface area contributed by atoms with E-state index in [1.54, 1.807) is 25.3 Å². The van der Waals surface area contributed by atoms with Crippen molar-refractivity contribution in [3.8, 4) is 5.75 Å². The molecule has 0 spiro atoms. The zero-order chi connectivity index (χ0) is 18.1. The van der Waals surface area contributed by atoms with Crippen LogP contribution in [-0.2, 0) is 0 Å². The van der Waals surface area contributed by atoms with Crippen molar-refractivity contribution in [2.45, 2.75) is 6.92 Å². The fourth-order valence-electron chi connectivity index (χ4n) is 2.24. The number of carboxylic acids is 1. The van der Waals surface area contributed by atoms with Crippen LogP contribution in [0.25, 0.3) is 5.65 Å². The highest BCUT2D eigenvalue weighted by atomic mass is 16.6.